The van der Waals surface area contributed by atoms with Crippen molar-refractivity contribution in [3.63, 3.8) is 0 Å². The van der Waals surface area contributed by atoms with Gasteiger partial charge in [0.05, 0.1) is 5.25 Å². The number of carbonyl (C=O) groups excluding carboxylic acids is 1. The van der Waals surface area contributed by atoms with Crippen LogP contribution in [0.3, 0.4) is 0 Å². The minimum atomic E-state index is 0.104. The summed E-state index contributed by atoms with van der Waals surface area (Å²) in [7, 11) is 0. The van der Waals surface area contributed by atoms with Crippen molar-refractivity contribution in [3.8, 4) is 0 Å². The zero-order valence-corrected chi connectivity index (χ0v) is 11.8. The van der Waals surface area contributed by atoms with Crippen molar-refractivity contribution in [2.75, 3.05) is 6.54 Å². The second-order valence-corrected chi connectivity index (χ2v) is 5.68. The van der Waals surface area contributed by atoms with Crippen molar-refractivity contribution in [2.24, 2.45) is 4.99 Å². The molecule has 1 atom stereocenters. The van der Waals surface area contributed by atoms with Crippen molar-refractivity contribution >= 4 is 22.8 Å². The Labute approximate surface area is 109 Å². The maximum atomic E-state index is 11.7. The van der Waals surface area contributed by atoms with Gasteiger partial charge in [0.25, 0.3) is 0 Å². The lowest BCUT2D eigenvalue weighted by atomic mass is 10.1. The van der Waals surface area contributed by atoms with Crippen molar-refractivity contribution in [3.05, 3.63) is 0 Å². The van der Waals surface area contributed by atoms with Gasteiger partial charge in [-0.15, -0.1) is 0 Å². The van der Waals surface area contributed by atoms with E-state index < -0.39 is 0 Å². The lowest BCUT2D eigenvalue weighted by Gasteiger charge is -2.03. The maximum absolute atomic E-state index is 11.7. The number of amidine groups is 1. The first-order valence-electron chi connectivity index (χ1n) is 6.79. The van der Waals surface area contributed by atoms with Crippen LogP contribution in [0.1, 0.15) is 58.8 Å². The van der Waals surface area contributed by atoms with Gasteiger partial charge in [0.1, 0.15) is 0 Å². The molecule has 0 aromatic heterocycles. The quantitative estimate of drug-likeness (QED) is 0.677. The summed E-state index contributed by atoms with van der Waals surface area (Å²) in [5, 5.41) is 3.82. The Balaban J connectivity index is 2.24. The van der Waals surface area contributed by atoms with E-state index in [0.29, 0.717) is 0 Å². The van der Waals surface area contributed by atoms with E-state index in [-0.39, 0.29) is 11.2 Å². The maximum Gasteiger partial charge on any atom is 0.239 e. The Bertz CT molecular complexity index is 266. The van der Waals surface area contributed by atoms with Crippen LogP contribution in [0.2, 0.25) is 0 Å². The van der Waals surface area contributed by atoms with Gasteiger partial charge >= 0.3 is 0 Å². The summed E-state index contributed by atoms with van der Waals surface area (Å²) in [6.45, 7) is 5.19. The molecule has 1 heterocycles. The molecule has 1 N–H and O–H groups in total. The molecule has 1 aliphatic heterocycles. The summed E-state index contributed by atoms with van der Waals surface area (Å²) in [6, 6.07) is 0. The molecule has 1 saturated heterocycles. The Kier molecular flexibility index (Phi) is 7.33. The molecular weight excluding hydrogens is 232 g/mol. The molecule has 0 saturated carbocycles. The van der Waals surface area contributed by atoms with E-state index in [0.717, 1.165) is 37.4 Å². The van der Waals surface area contributed by atoms with Gasteiger partial charge in [-0.2, -0.15) is 0 Å². The molecule has 1 aliphatic rings. The van der Waals surface area contributed by atoms with E-state index in [1.807, 2.05) is 0 Å². The smallest absolute Gasteiger partial charge is 0.239 e. The van der Waals surface area contributed by atoms with E-state index in [2.05, 4.69) is 24.2 Å². The molecule has 1 rings (SSSR count). The second-order valence-electron chi connectivity index (χ2n) is 4.49. The van der Waals surface area contributed by atoms with Gasteiger partial charge < -0.3 is 5.32 Å². The number of unbranched alkanes of at least 4 members (excludes halogenated alkanes) is 4. The van der Waals surface area contributed by atoms with Crippen molar-refractivity contribution < 1.29 is 4.79 Å². The van der Waals surface area contributed by atoms with Crippen molar-refractivity contribution in [2.45, 2.75) is 64.0 Å². The second kappa shape index (κ2) is 8.56. The number of thioether (sulfide) groups is 1. The predicted molar refractivity (Wildman–Crippen MR) is 75.5 cm³/mol. The first kappa shape index (κ1) is 14.6. The molecule has 0 aliphatic carbocycles. The van der Waals surface area contributed by atoms with Gasteiger partial charge in [-0.1, -0.05) is 57.7 Å². The largest absolute Gasteiger partial charge is 0.304 e. The number of hydrogen-bond acceptors (Lipinski definition) is 3. The average Bonchev–Trinajstić information content (AvgIpc) is 2.66. The van der Waals surface area contributed by atoms with E-state index in [1.54, 1.807) is 11.8 Å². The normalized spacial score (nSPS) is 22.1. The molecule has 0 bridgehead atoms. The number of rotatable bonds is 8. The highest BCUT2D eigenvalue weighted by Crippen LogP contribution is 2.24. The third-order valence-corrected chi connectivity index (χ3v) is 4.05. The highest BCUT2D eigenvalue weighted by atomic mass is 32.2. The molecule has 1 amide bonds. The van der Waals surface area contributed by atoms with Crippen LogP contribution in [0.5, 0.6) is 0 Å². The van der Waals surface area contributed by atoms with Crippen LogP contribution < -0.4 is 5.32 Å². The molecule has 1 fully saturated rings. The van der Waals surface area contributed by atoms with Crippen molar-refractivity contribution in [1.82, 2.24) is 5.32 Å². The van der Waals surface area contributed by atoms with E-state index in [4.69, 9.17) is 0 Å². The number of nitrogens with one attached hydrogen (secondary N) is 1. The van der Waals surface area contributed by atoms with Crippen LogP contribution in [0.15, 0.2) is 4.99 Å². The molecule has 0 aromatic rings. The van der Waals surface area contributed by atoms with Crippen LogP contribution in [-0.4, -0.2) is 22.9 Å². The van der Waals surface area contributed by atoms with E-state index in [9.17, 15) is 4.79 Å². The summed E-state index contributed by atoms with van der Waals surface area (Å²) in [4.78, 5) is 16.1. The molecule has 0 radical (unpaired) electrons. The third-order valence-electron chi connectivity index (χ3n) is 2.86. The fourth-order valence-electron chi connectivity index (χ4n) is 1.77. The monoisotopic (exact) mass is 256 g/mol. The van der Waals surface area contributed by atoms with Crippen LogP contribution in [0, 0.1) is 0 Å². The molecule has 0 aromatic carbocycles. The number of hydrogen-bond donors (Lipinski definition) is 1. The van der Waals surface area contributed by atoms with Gasteiger partial charge in [-0.25, -0.2) is 0 Å². The molecule has 0 spiro atoms. The highest BCUT2D eigenvalue weighted by molar-refractivity contribution is 8.15. The molecule has 1 unspecified atom stereocenters. The summed E-state index contributed by atoms with van der Waals surface area (Å²) in [5.74, 6) is 0.154. The van der Waals surface area contributed by atoms with E-state index >= 15 is 0 Å². The Morgan fingerprint density at radius 3 is 2.65 bits per heavy atom. The lowest BCUT2D eigenvalue weighted by molar-refractivity contribution is -0.118. The van der Waals surface area contributed by atoms with Crippen LogP contribution in [-0.2, 0) is 4.79 Å². The van der Waals surface area contributed by atoms with E-state index in [1.165, 1.54) is 19.3 Å². The van der Waals surface area contributed by atoms with Gasteiger partial charge in [0.2, 0.25) is 5.91 Å². The summed E-state index contributed by atoms with van der Waals surface area (Å²) in [5.41, 5.74) is 0. The first-order chi connectivity index (χ1) is 8.27. The standard InChI is InChI=1S/C13H24N2OS/c1-3-5-7-8-9-11-12(16)15-13(17-11)14-10-6-4-2/h11H,3-10H2,1-2H3,(H,14,15,16). The number of aliphatic imine (C=N–C) groups is 1. The highest BCUT2D eigenvalue weighted by Gasteiger charge is 2.29. The van der Waals surface area contributed by atoms with Crippen LogP contribution >= 0.6 is 11.8 Å². The van der Waals surface area contributed by atoms with Gasteiger partial charge in [-0.05, 0) is 12.8 Å². The third kappa shape index (κ3) is 5.57. The zero-order valence-electron chi connectivity index (χ0n) is 11.0. The summed E-state index contributed by atoms with van der Waals surface area (Å²) < 4.78 is 0. The molecule has 98 valence electrons. The molecule has 4 heteroatoms. The van der Waals surface area contributed by atoms with Crippen LogP contribution in [0.25, 0.3) is 0 Å². The average molecular weight is 256 g/mol. The fourth-order valence-corrected chi connectivity index (χ4v) is 2.81. The van der Waals surface area contributed by atoms with Crippen molar-refractivity contribution in [1.29, 1.82) is 0 Å². The number of nitrogens with zero attached hydrogens (tertiary/aromatic N) is 1. The minimum Gasteiger partial charge on any atom is -0.304 e. The number of carbonyl (C=O) groups is 1. The summed E-state index contributed by atoms with van der Waals surface area (Å²) in [6.07, 6.45) is 8.15. The van der Waals surface area contributed by atoms with Gasteiger partial charge in [0, 0.05) is 6.54 Å². The summed E-state index contributed by atoms with van der Waals surface area (Å²) >= 11 is 1.62. The molecular formula is C13H24N2OS. The predicted octanol–water partition coefficient (Wildman–Crippen LogP) is 3.34. The zero-order chi connectivity index (χ0) is 12.5. The molecule has 3 nitrogen and oxygen atoms in total. The minimum absolute atomic E-state index is 0.104. The topological polar surface area (TPSA) is 41.5 Å². The fraction of sp³-hybridized carbons (Fsp3) is 0.846. The van der Waals surface area contributed by atoms with Gasteiger partial charge in [0.15, 0.2) is 5.17 Å². The Morgan fingerprint density at radius 2 is 1.94 bits per heavy atom. The lowest BCUT2D eigenvalue weighted by Crippen LogP contribution is -2.24. The van der Waals surface area contributed by atoms with Crippen LogP contribution in [0.4, 0.5) is 0 Å². The molecule has 17 heavy (non-hydrogen) atoms. The Hall–Kier alpha value is -0.510. The SMILES string of the molecule is CCCCCCC1SC(=NCCCC)NC1=O. The number of amides is 1. The first-order valence-corrected chi connectivity index (χ1v) is 7.67. The van der Waals surface area contributed by atoms with Gasteiger partial charge in [-0.3, -0.25) is 9.79 Å². The Morgan fingerprint density at radius 1 is 1.18 bits per heavy atom.